The van der Waals surface area contributed by atoms with Gasteiger partial charge in [-0.3, -0.25) is 9.59 Å². The van der Waals surface area contributed by atoms with E-state index in [0.29, 0.717) is 28.0 Å². The van der Waals surface area contributed by atoms with E-state index < -0.39 is 0 Å². The average Bonchev–Trinajstić information content (AvgIpc) is 3.38. The van der Waals surface area contributed by atoms with Gasteiger partial charge in [-0.25, -0.2) is 0 Å². The zero-order valence-electron chi connectivity index (χ0n) is 19.2. The summed E-state index contributed by atoms with van der Waals surface area (Å²) in [5, 5.41) is 15.4. The Balaban J connectivity index is 1.50. The van der Waals surface area contributed by atoms with Crippen molar-refractivity contribution in [1.82, 2.24) is 14.8 Å². The number of nitrogens with one attached hydrogen (secondary N) is 2. The summed E-state index contributed by atoms with van der Waals surface area (Å²) in [4.78, 5) is 27.3. The third kappa shape index (κ3) is 5.34. The molecule has 2 amide bonds. The van der Waals surface area contributed by atoms with Gasteiger partial charge in [0, 0.05) is 17.1 Å². The fourth-order valence-electron chi connectivity index (χ4n) is 3.86. The van der Waals surface area contributed by atoms with Crippen molar-refractivity contribution in [2.75, 3.05) is 23.5 Å². The van der Waals surface area contributed by atoms with Crippen molar-refractivity contribution >= 4 is 45.6 Å². The van der Waals surface area contributed by atoms with E-state index in [0.717, 1.165) is 42.8 Å². The fraction of sp³-hybridized carbons (Fsp3) is 0.333. The predicted octanol–water partition coefficient (Wildman–Crippen LogP) is 4.70. The Hall–Kier alpha value is -3.11. The van der Waals surface area contributed by atoms with E-state index in [-0.39, 0.29) is 17.6 Å². The van der Waals surface area contributed by atoms with Crippen LogP contribution in [-0.2, 0) is 24.2 Å². The number of nitrogens with zero attached hydrogens (tertiary/aromatic N) is 3. The fourth-order valence-corrected chi connectivity index (χ4v) is 5.96. The number of thioether (sulfide) groups is 1. The molecule has 3 aromatic rings. The third-order valence-corrected chi connectivity index (χ3v) is 7.72. The second-order valence-electron chi connectivity index (χ2n) is 7.86. The van der Waals surface area contributed by atoms with E-state index in [1.165, 1.54) is 28.0 Å². The molecule has 0 saturated heterocycles. The summed E-state index contributed by atoms with van der Waals surface area (Å²) >= 11 is 2.82. The Morgan fingerprint density at radius 1 is 1.21 bits per heavy atom. The molecule has 178 valence electrons. The molecule has 2 heterocycles. The van der Waals surface area contributed by atoms with Gasteiger partial charge in [-0.05, 0) is 62.4 Å². The minimum absolute atomic E-state index is 0.164. The number of aryl methyl sites for hydroxylation is 2. The molecule has 0 spiro atoms. The highest BCUT2D eigenvalue weighted by molar-refractivity contribution is 7.99. The SMILES string of the molecule is C=CCn1c(C)nnc1SCC(=O)Nc1sc2c(c1C(=O)Nc1ccc(OC)cc1)CCCC2. The van der Waals surface area contributed by atoms with Crippen LogP contribution >= 0.6 is 23.1 Å². The molecule has 1 aliphatic rings. The van der Waals surface area contributed by atoms with Gasteiger partial charge in [0.1, 0.15) is 16.6 Å². The van der Waals surface area contributed by atoms with E-state index in [2.05, 4.69) is 27.4 Å². The molecule has 0 saturated carbocycles. The van der Waals surface area contributed by atoms with Crippen molar-refractivity contribution in [1.29, 1.82) is 0 Å². The molecule has 2 aromatic heterocycles. The number of thiophene rings is 1. The number of anilines is 2. The highest BCUT2D eigenvalue weighted by Gasteiger charge is 2.26. The summed E-state index contributed by atoms with van der Waals surface area (Å²) in [6.07, 6.45) is 5.66. The maximum Gasteiger partial charge on any atom is 0.258 e. The lowest BCUT2D eigenvalue weighted by molar-refractivity contribution is -0.113. The number of aromatic nitrogens is 3. The number of hydrogen-bond donors (Lipinski definition) is 2. The predicted molar refractivity (Wildman–Crippen MR) is 136 cm³/mol. The molecule has 1 aromatic carbocycles. The van der Waals surface area contributed by atoms with Crippen molar-refractivity contribution in [3.8, 4) is 5.75 Å². The molecule has 0 fully saturated rings. The van der Waals surface area contributed by atoms with Crippen LogP contribution in [0.25, 0.3) is 0 Å². The number of methoxy groups -OCH3 is 1. The van der Waals surface area contributed by atoms with Crippen LogP contribution in [0.4, 0.5) is 10.7 Å². The summed E-state index contributed by atoms with van der Waals surface area (Å²) in [6.45, 7) is 6.20. The maximum absolute atomic E-state index is 13.3. The van der Waals surface area contributed by atoms with Gasteiger partial charge in [0.2, 0.25) is 5.91 Å². The second kappa shape index (κ2) is 10.9. The van der Waals surface area contributed by atoms with E-state index in [1.54, 1.807) is 37.5 Å². The number of benzene rings is 1. The van der Waals surface area contributed by atoms with E-state index >= 15 is 0 Å². The van der Waals surface area contributed by atoms with Crippen LogP contribution in [0.1, 0.15) is 39.5 Å². The standard InChI is InChI=1S/C24H27N5O3S2/c1-4-13-29-15(2)27-28-24(29)33-14-20(30)26-23-21(18-7-5-6-8-19(18)34-23)22(31)25-16-9-11-17(32-3)12-10-16/h4,9-12H,1,5-8,13-14H2,2-3H3,(H,25,31)(H,26,30). The van der Waals surface area contributed by atoms with Gasteiger partial charge in [0.25, 0.3) is 5.91 Å². The Kier molecular flexibility index (Phi) is 7.69. The van der Waals surface area contributed by atoms with Crippen LogP contribution in [0.5, 0.6) is 5.75 Å². The molecular formula is C24H27N5O3S2. The smallest absolute Gasteiger partial charge is 0.258 e. The molecule has 8 nitrogen and oxygen atoms in total. The van der Waals surface area contributed by atoms with Gasteiger partial charge in [-0.1, -0.05) is 17.8 Å². The molecule has 10 heteroatoms. The first-order valence-electron chi connectivity index (χ1n) is 11.0. The molecule has 0 aliphatic heterocycles. The first kappa shape index (κ1) is 24.0. The van der Waals surface area contributed by atoms with Crippen molar-refractivity contribution in [3.63, 3.8) is 0 Å². The first-order valence-corrected chi connectivity index (χ1v) is 12.8. The quantitative estimate of drug-likeness (QED) is 0.328. The Labute approximate surface area is 206 Å². The molecule has 0 unspecified atom stereocenters. The molecule has 1 aliphatic carbocycles. The van der Waals surface area contributed by atoms with Crippen molar-refractivity contribution in [2.45, 2.75) is 44.3 Å². The van der Waals surface area contributed by atoms with Gasteiger partial charge in [0.15, 0.2) is 5.16 Å². The summed E-state index contributed by atoms with van der Waals surface area (Å²) in [6, 6.07) is 7.19. The number of allylic oxidation sites excluding steroid dienone is 1. The van der Waals surface area contributed by atoms with E-state index in [1.807, 2.05) is 11.5 Å². The zero-order chi connectivity index (χ0) is 24.1. The molecule has 0 atom stereocenters. The minimum Gasteiger partial charge on any atom is -0.497 e. The molecule has 0 bridgehead atoms. The van der Waals surface area contributed by atoms with E-state index in [4.69, 9.17) is 4.74 Å². The number of rotatable bonds is 9. The second-order valence-corrected chi connectivity index (χ2v) is 9.91. The number of ether oxygens (including phenoxy) is 1. The average molecular weight is 498 g/mol. The summed E-state index contributed by atoms with van der Waals surface area (Å²) in [7, 11) is 1.60. The maximum atomic E-state index is 13.3. The van der Waals surface area contributed by atoms with Crippen LogP contribution in [0.15, 0.2) is 42.1 Å². The zero-order valence-corrected chi connectivity index (χ0v) is 20.9. The van der Waals surface area contributed by atoms with Crippen LogP contribution < -0.4 is 15.4 Å². The van der Waals surface area contributed by atoms with Gasteiger partial charge >= 0.3 is 0 Å². The van der Waals surface area contributed by atoms with Crippen molar-refractivity contribution in [3.05, 3.63) is 58.7 Å². The monoisotopic (exact) mass is 497 g/mol. The van der Waals surface area contributed by atoms with Crippen LogP contribution in [0, 0.1) is 6.92 Å². The highest BCUT2D eigenvalue weighted by Crippen LogP contribution is 2.38. The summed E-state index contributed by atoms with van der Waals surface area (Å²) in [5.74, 6) is 1.25. The minimum atomic E-state index is -0.214. The normalized spacial score (nSPS) is 12.6. The Morgan fingerprint density at radius 3 is 2.71 bits per heavy atom. The number of hydrogen-bond acceptors (Lipinski definition) is 7. The van der Waals surface area contributed by atoms with Gasteiger partial charge < -0.3 is 19.9 Å². The summed E-state index contributed by atoms with van der Waals surface area (Å²) < 4.78 is 7.09. The lowest BCUT2D eigenvalue weighted by atomic mass is 9.95. The van der Waals surface area contributed by atoms with Crippen molar-refractivity contribution < 1.29 is 14.3 Å². The number of carbonyl (C=O) groups is 2. The Morgan fingerprint density at radius 2 is 1.97 bits per heavy atom. The number of fused-ring (bicyclic) bond motifs is 1. The number of carbonyl (C=O) groups excluding carboxylic acids is 2. The molecule has 4 rings (SSSR count). The topological polar surface area (TPSA) is 98.1 Å². The van der Waals surface area contributed by atoms with Crippen LogP contribution in [0.2, 0.25) is 0 Å². The molecule has 0 radical (unpaired) electrons. The van der Waals surface area contributed by atoms with Crippen LogP contribution in [-0.4, -0.2) is 39.4 Å². The van der Waals surface area contributed by atoms with Crippen LogP contribution in [0.3, 0.4) is 0 Å². The van der Waals surface area contributed by atoms with Crippen molar-refractivity contribution in [2.24, 2.45) is 0 Å². The molecular weight excluding hydrogens is 470 g/mol. The molecule has 2 N–H and O–H groups in total. The number of amides is 2. The van der Waals surface area contributed by atoms with E-state index in [9.17, 15) is 9.59 Å². The lowest BCUT2D eigenvalue weighted by Gasteiger charge is -2.13. The largest absolute Gasteiger partial charge is 0.497 e. The van der Waals surface area contributed by atoms with Gasteiger partial charge in [0.05, 0.1) is 18.4 Å². The highest BCUT2D eigenvalue weighted by atomic mass is 32.2. The molecule has 34 heavy (non-hydrogen) atoms. The van der Waals surface area contributed by atoms with Gasteiger partial charge in [-0.15, -0.1) is 28.1 Å². The first-order chi connectivity index (χ1) is 16.5. The Bertz CT molecular complexity index is 1200. The van der Waals surface area contributed by atoms with Gasteiger partial charge in [-0.2, -0.15) is 0 Å². The lowest BCUT2D eigenvalue weighted by Crippen LogP contribution is -2.19. The third-order valence-electron chi connectivity index (χ3n) is 5.55. The summed E-state index contributed by atoms with van der Waals surface area (Å²) in [5.41, 5.74) is 2.29.